The molecular formula is C21H23ClN6O3S. The van der Waals surface area contributed by atoms with E-state index >= 15 is 0 Å². The lowest BCUT2D eigenvalue weighted by Gasteiger charge is -2.46. The molecule has 3 heterocycles. The highest BCUT2D eigenvalue weighted by Gasteiger charge is 2.57. The molecule has 11 heteroatoms. The van der Waals surface area contributed by atoms with Crippen molar-refractivity contribution in [2.24, 2.45) is 0 Å². The van der Waals surface area contributed by atoms with Crippen LogP contribution in [0.3, 0.4) is 0 Å². The molecule has 2 aliphatic rings. The maximum Gasteiger partial charge on any atom is 0.269 e. The Morgan fingerprint density at radius 3 is 2.66 bits per heavy atom. The SMILES string of the molecule is C=CC(=O)N1CC(c2cc(Cl)nc(-c3cc(C(=O)NC)ncn3)c2)N(S(C)=O)C2(CC2)C1. The smallest absolute Gasteiger partial charge is 0.269 e. The molecule has 168 valence electrons. The topological polar surface area (TPSA) is 108 Å². The number of carbonyl (C=O) groups is 2. The number of pyridine rings is 1. The van der Waals surface area contributed by atoms with Crippen LogP contribution in [0.25, 0.3) is 11.4 Å². The summed E-state index contributed by atoms with van der Waals surface area (Å²) in [6.45, 7) is 4.47. The van der Waals surface area contributed by atoms with Gasteiger partial charge in [-0.2, -0.15) is 0 Å². The molecule has 1 aliphatic heterocycles. The third-order valence-electron chi connectivity index (χ3n) is 5.81. The van der Waals surface area contributed by atoms with Gasteiger partial charge in [-0.25, -0.2) is 23.5 Å². The van der Waals surface area contributed by atoms with E-state index in [2.05, 4.69) is 26.8 Å². The zero-order chi connectivity index (χ0) is 23.0. The van der Waals surface area contributed by atoms with E-state index in [1.807, 2.05) is 10.4 Å². The Kier molecular flexibility index (Phi) is 6.11. The Labute approximate surface area is 193 Å². The zero-order valence-electron chi connectivity index (χ0n) is 17.7. The molecule has 32 heavy (non-hydrogen) atoms. The predicted molar refractivity (Wildman–Crippen MR) is 121 cm³/mol. The number of hydrogen-bond donors (Lipinski definition) is 1. The molecule has 2 amide bonds. The molecule has 2 unspecified atom stereocenters. The number of nitrogens with zero attached hydrogens (tertiary/aromatic N) is 5. The fourth-order valence-corrected chi connectivity index (χ4v) is 5.75. The molecule has 0 radical (unpaired) electrons. The Morgan fingerprint density at radius 2 is 2.03 bits per heavy atom. The van der Waals surface area contributed by atoms with Crippen molar-refractivity contribution in [2.75, 3.05) is 26.4 Å². The first-order valence-corrected chi connectivity index (χ1v) is 11.9. The summed E-state index contributed by atoms with van der Waals surface area (Å²) >= 11 is 6.36. The minimum atomic E-state index is -1.26. The van der Waals surface area contributed by atoms with Crippen molar-refractivity contribution in [1.29, 1.82) is 0 Å². The van der Waals surface area contributed by atoms with Gasteiger partial charge in [0.05, 0.1) is 34.0 Å². The molecule has 1 saturated carbocycles. The van der Waals surface area contributed by atoms with E-state index in [1.54, 1.807) is 17.2 Å². The van der Waals surface area contributed by atoms with E-state index < -0.39 is 11.0 Å². The third kappa shape index (κ3) is 4.17. The van der Waals surface area contributed by atoms with Gasteiger partial charge in [0.25, 0.3) is 5.91 Å². The quantitative estimate of drug-likeness (QED) is 0.522. The molecule has 1 saturated heterocycles. The largest absolute Gasteiger partial charge is 0.354 e. The van der Waals surface area contributed by atoms with E-state index in [4.69, 9.17) is 11.6 Å². The lowest BCUT2D eigenvalue weighted by molar-refractivity contribution is -0.129. The fourth-order valence-electron chi connectivity index (χ4n) is 4.21. The van der Waals surface area contributed by atoms with Crippen molar-refractivity contribution < 1.29 is 13.8 Å². The number of nitrogens with one attached hydrogen (secondary N) is 1. The highest BCUT2D eigenvalue weighted by atomic mass is 35.5. The molecule has 1 N–H and O–H groups in total. The van der Waals surface area contributed by atoms with E-state index in [9.17, 15) is 13.8 Å². The van der Waals surface area contributed by atoms with Gasteiger partial charge in [0.1, 0.15) is 17.2 Å². The first-order valence-electron chi connectivity index (χ1n) is 10.0. The van der Waals surface area contributed by atoms with Crippen LogP contribution >= 0.6 is 11.6 Å². The van der Waals surface area contributed by atoms with Gasteiger partial charge in [-0.1, -0.05) is 18.2 Å². The van der Waals surface area contributed by atoms with E-state index in [0.717, 1.165) is 18.4 Å². The number of piperazine rings is 1. The number of carbonyl (C=O) groups excluding carboxylic acids is 2. The summed E-state index contributed by atoms with van der Waals surface area (Å²) in [5.74, 6) is -0.501. The summed E-state index contributed by atoms with van der Waals surface area (Å²) in [5.41, 5.74) is 1.54. The number of halogens is 1. The van der Waals surface area contributed by atoms with E-state index in [0.29, 0.717) is 24.5 Å². The van der Waals surface area contributed by atoms with Gasteiger partial charge in [-0.15, -0.1) is 0 Å². The molecule has 2 fully saturated rings. The van der Waals surface area contributed by atoms with Gasteiger partial charge in [0, 0.05) is 26.4 Å². The maximum absolute atomic E-state index is 12.8. The van der Waals surface area contributed by atoms with Gasteiger partial charge in [-0.05, 0) is 42.7 Å². The van der Waals surface area contributed by atoms with Crippen LogP contribution < -0.4 is 5.32 Å². The summed E-state index contributed by atoms with van der Waals surface area (Å²) < 4.78 is 14.8. The minimum Gasteiger partial charge on any atom is -0.354 e. The molecule has 2 aromatic rings. The molecule has 2 atom stereocenters. The van der Waals surface area contributed by atoms with E-state index in [1.165, 1.54) is 25.5 Å². The lowest BCUT2D eigenvalue weighted by atomic mass is 10.00. The molecule has 0 bridgehead atoms. The molecule has 4 rings (SSSR count). The van der Waals surface area contributed by atoms with Crippen LogP contribution in [0.5, 0.6) is 0 Å². The van der Waals surface area contributed by atoms with Crippen molar-refractivity contribution in [3.8, 4) is 11.4 Å². The Bertz CT molecular complexity index is 1120. The van der Waals surface area contributed by atoms with Crippen LogP contribution in [0.1, 0.15) is 34.9 Å². The Hall–Kier alpha value is -2.69. The second-order valence-electron chi connectivity index (χ2n) is 7.89. The number of amides is 2. The van der Waals surface area contributed by atoms with Gasteiger partial charge >= 0.3 is 0 Å². The maximum atomic E-state index is 12.8. The monoisotopic (exact) mass is 474 g/mol. The third-order valence-corrected chi connectivity index (χ3v) is 7.20. The normalized spacial score (nSPS) is 20.6. The Balaban J connectivity index is 1.77. The van der Waals surface area contributed by atoms with Crippen LogP contribution in [0.2, 0.25) is 5.15 Å². The first kappa shape index (κ1) is 22.5. The highest BCUT2D eigenvalue weighted by molar-refractivity contribution is 7.81. The molecular weight excluding hydrogens is 452 g/mol. The predicted octanol–water partition coefficient (Wildman–Crippen LogP) is 1.75. The zero-order valence-corrected chi connectivity index (χ0v) is 19.3. The summed E-state index contributed by atoms with van der Waals surface area (Å²) in [6.07, 6.45) is 5.97. The lowest BCUT2D eigenvalue weighted by Crippen LogP contribution is -2.57. The van der Waals surface area contributed by atoms with Gasteiger partial charge in [-0.3, -0.25) is 9.59 Å². The average Bonchev–Trinajstić information content (AvgIpc) is 3.55. The van der Waals surface area contributed by atoms with Gasteiger partial charge < -0.3 is 10.2 Å². The molecule has 1 aliphatic carbocycles. The van der Waals surface area contributed by atoms with Crippen LogP contribution in [0.15, 0.2) is 37.2 Å². The summed E-state index contributed by atoms with van der Waals surface area (Å²) in [7, 11) is 0.259. The highest BCUT2D eigenvalue weighted by Crippen LogP contribution is 2.50. The summed E-state index contributed by atoms with van der Waals surface area (Å²) in [5, 5.41) is 2.76. The second-order valence-corrected chi connectivity index (χ2v) is 9.52. The van der Waals surface area contributed by atoms with Crippen LogP contribution in [0, 0.1) is 0 Å². The standard InChI is InChI=1S/C21H23ClN6O3S/c1-4-19(29)27-10-17(28(32(3)31)21(11-27)5-6-21)13-7-15(26-18(22)8-13)14-9-16(20(30)23-2)25-12-24-14/h4,7-9,12,17H,1,5-6,10-11H2,2-3H3,(H,23,30). The van der Waals surface area contributed by atoms with Crippen molar-refractivity contribution in [3.05, 3.63) is 53.6 Å². The van der Waals surface area contributed by atoms with E-state index in [-0.39, 0.29) is 34.2 Å². The van der Waals surface area contributed by atoms with Gasteiger partial charge in [0.15, 0.2) is 0 Å². The molecule has 9 nitrogen and oxygen atoms in total. The van der Waals surface area contributed by atoms with Gasteiger partial charge in [0.2, 0.25) is 5.91 Å². The average molecular weight is 475 g/mol. The van der Waals surface area contributed by atoms with Crippen molar-refractivity contribution in [2.45, 2.75) is 24.4 Å². The van der Waals surface area contributed by atoms with Crippen molar-refractivity contribution in [3.63, 3.8) is 0 Å². The summed E-state index contributed by atoms with van der Waals surface area (Å²) in [4.78, 5) is 38.8. The van der Waals surface area contributed by atoms with Crippen molar-refractivity contribution in [1.82, 2.24) is 29.5 Å². The summed E-state index contributed by atoms with van der Waals surface area (Å²) in [6, 6.07) is 4.72. The molecule has 1 spiro atoms. The van der Waals surface area contributed by atoms with Crippen LogP contribution in [-0.2, 0) is 15.8 Å². The molecule has 0 aromatic carbocycles. The van der Waals surface area contributed by atoms with Crippen molar-refractivity contribution >= 4 is 34.4 Å². The number of aromatic nitrogens is 3. The number of hydrogen-bond acceptors (Lipinski definition) is 6. The van der Waals surface area contributed by atoms with Crippen LogP contribution in [-0.4, -0.2) is 72.1 Å². The first-order chi connectivity index (χ1) is 15.3. The molecule has 2 aromatic heterocycles. The van der Waals surface area contributed by atoms with Crippen LogP contribution in [0.4, 0.5) is 0 Å². The minimum absolute atomic E-state index is 0.158. The second kappa shape index (κ2) is 8.68. The number of rotatable bonds is 5. The fraction of sp³-hybridized carbons (Fsp3) is 0.381. The Morgan fingerprint density at radius 1 is 1.28 bits per heavy atom.